The number of halogens is 1. The van der Waals surface area contributed by atoms with Crippen LogP contribution in [-0.2, 0) is 9.59 Å². The zero-order valence-electron chi connectivity index (χ0n) is 8.71. The van der Waals surface area contributed by atoms with Gasteiger partial charge in [-0.2, -0.15) is 10.2 Å². The van der Waals surface area contributed by atoms with Gasteiger partial charge < -0.3 is 0 Å². The molecule has 3 rings (SSSR count). The van der Waals surface area contributed by atoms with Gasteiger partial charge in [0.05, 0.1) is 18.2 Å². The van der Waals surface area contributed by atoms with Gasteiger partial charge in [-0.3, -0.25) is 9.59 Å². The van der Waals surface area contributed by atoms with Gasteiger partial charge in [0.1, 0.15) is 5.82 Å². The van der Waals surface area contributed by atoms with Crippen LogP contribution in [0.3, 0.4) is 0 Å². The summed E-state index contributed by atoms with van der Waals surface area (Å²) in [6.07, 6.45) is 0. The number of rotatable bonds is 1. The fourth-order valence-electron chi connectivity index (χ4n) is 2.09. The third-order valence-corrected chi connectivity index (χ3v) is 2.96. The van der Waals surface area contributed by atoms with E-state index in [0.717, 1.165) is 4.90 Å². The number of benzene rings is 1. The van der Waals surface area contributed by atoms with Crippen LogP contribution in [-0.4, -0.2) is 24.4 Å². The first-order valence-electron chi connectivity index (χ1n) is 5.18. The molecule has 0 bridgehead atoms. The summed E-state index contributed by atoms with van der Waals surface area (Å²) in [7, 11) is 0. The monoisotopic (exact) mass is 233 g/mol. The van der Waals surface area contributed by atoms with Crippen molar-refractivity contribution in [3.63, 3.8) is 0 Å². The summed E-state index contributed by atoms with van der Waals surface area (Å²) in [5.41, 5.74) is 0.381. The molecule has 0 aromatic heterocycles. The quantitative estimate of drug-likeness (QED) is 0.683. The first-order chi connectivity index (χ1) is 8.18. The van der Waals surface area contributed by atoms with Crippen LogP contribution in [0.1, 0.15) is 0 Å². The average Bonchev–Trinajstić information content (AvgIpc) is 2.87. The molecule has 0 N–H and O–H groups in total. The minimum atomic E-state index is -0.687. The maximum Gasteiger partial charge on any atom is 0.261 e. The van der Waals surface area contributed by atoms with Crippen molar-refractivity contribution in [3.05, 3.63) is 30.1 Å². The number of carbonyl (C=O) groups excluding carboxylic acids is 2. The molecular formula is C11H8FN3O2. The van der Waals surface area contributed by atoms with Crippen molar-refractivity contribution in [1.82, 2.24) is 0 Å². The van der Waals surface area contributed by atoms with Crippen LogP contribution in [0, 0.1) is 11.7 Å². The molecule has 1 fully saturated rings. The number of anilines is 1. The highest BCUT2D eigenvalue weighted by Gasteiger charge is 2.50. The van der Waals surface area contributed by atoms with Crippen LogP contribution in [0.15, 0.2) is 34.5 Å². The van der Waals surface area contributed by atoms with Gasteiger partial charge in [-0.25, -0.2) is 9.29 Å². The summed E-state index contributed by atoms with van der Waals surface area (Å²) in [5.74, 6) is -1.58. The molecule has 86 valence electrons. The molecule has 0 spiro atoms. The number of hydrogen-bond donors (Lipinski definition) is 0. The zero-order valence-corrected chi connectivity index (χ0v) is 8.71. The van der Waals surface area contributed by atoms with E-state index < -0.39 is 17.8 Å². The molecule has 5 nitrogen and oxygen atoms in total. The molecule has 0 unspecified atom stereocenters. The Kier molecular flexibility index (Phi) is 2.04. The molecular weight excluding hydrogens is 225 g/mol. The summed E-state index contributed by atoms with van der Waals surface area (Å²) < 4.78 is 12.8. The molecule has 0 radical (unpaired) electrons. The van der Waals surface area contributed by atoms with Crippen molar-refractivity contribution >= 4 is 17.5 Å². The van der Waals surface area contributed by atoms with Crippen molar-refractivity contribution in [2.75, 3.05) is 11.4 Å². The molecule has 1 aromatic rings. The number of hydrogen-bond acceptors (Lipinski definition) is 4. The lowest BCUT2D eigenvalue weighted by atomic mass is 10.1. The van der Waals surface area contributed by atoms with E-state index in [1.54, 1.807) is 0 Å². The van der Waals surface area contributed by atoms with Gasteiger partial charge in [-0.05, 0) is 24.3 Å². The average molecular weight is 233 g/mol. The van der Waals surface area contributed by atoms with Gasteiger partial charge in [0.2, 0.25) is 5.91 Å². The molecule has 2 heterocycles. The van der Waals surface area contributed by atoms with E-state index in [2.05, 4.69) is 10.2 Å². The van der Waals surface area contributed by atoms with Crippen LogP contribution >= 0.6 is 0 Å². The first kappa shape index (κ1) is 10.1. The van der Waals surface area contributed by atoms with E-state index >= 15 is 0 Å². The normalized spacial score (nSPS) is 26.8. The van der Waals surface area contributed by atoms with Crippen LogP contribution in [0.5, 0.6) is 0 Å². The summed E-state index contributed by atoms with van der Waals surface area (Å²) in [5, 5.41) is 7.47. The summed E-state index contributed by atoms with van der Waals surface area (Å²) >= 11 is 0. The summed E-state index contributed by atoms with van der Waals surface area (Å²) in [6, 6.07) is 4.55. The van der Waals surface area contributed by atoms with Crippen LogP contribution in [0.2, 0.25) is 0 Å². The number of fused-ring (bicyclic) bond motifs is 1. The molecule has 1 aromatic carbocycles. The van der Waals surface area contributed by atoms with Gasteiger partial charge >= 0.3 is 0 Å². The number of azo groups is 1. The molecule has 0 saturated carbocycles. The van der Waals surface area contributed by atoms with Gasteiger partial charge in [0, 0.05) is 0 Å². The Labute approximate surface area is 95.9 Å². The number of carbonyl (C=O) groups is 2. The number of imide groups is 1. The highest BCUT2D eigenvalue weighted by Crippen LogP contribution is 2.32. The zero-order chi connectivity index (χ0) is 12.0. The van der Waals surface area contributed by atoms with E-state index in [9.17, 15) is 14.0 Å². The van der Waals surface area contributed by atoms with Crippen LogP contribution in [0.25, 0.3) is 0 Å². The Morgan fingerprint density at radius 2 is 1.88 bits per heavy atom. The lowest BCUT2D eigenvalue weighted by Crippen LogP contribution is -2.31. The second-order valence-electron chi connectivity index (χ2n) is 3.98. The van der Waals surface area contributed by atoms with Gasteiger partial charge in [-0.15, -0.1) is 0 Å². The largest absolute Gasteiger partial charge is 0.274 e. The molecule has 17 heavy (non-hydrogen) atoms. The minimum absolute atomic E-state index is 0.257. The summed E-state index contributed by atoms with van der Waals surface area (Å²) in [6.45, 7) is 0.257. The Morgan fingerprint density at radius 1 is 1.18 bits per heavy atom. The van der Waals surface area contributed by atoms with E-state index in [1.165, 1.54) is 24.3 Å². The Balaban J connectivity index is 1.99. The Morgan fingerprint density at radius 3 is 2.53 bits per heavy atom. The Hall–Kier alpha value is -2.11. The predicted octanol–water partition coefficient (Wildman–Crippen LogP) is 1.15. The van der Waals surface area contributed by atoms with E-state index in [1.807, 2.05) is 0 Å². The van der Waals surface area contributed by atoms with Gasteiger partial charge in [-0.1, -0.05) is 0 Å². The van der Waals surface area contributed by atoms with E-state index in [0.29, 0.717) is 5.69 Å². The molecule has 2 aliphatic heterocycles. The minimum Gasteiger partial charge on any atom is -0.274 e. The SMILES string of the molecule is O=C1[C@H]2N=NC[C@H]2C(=O)N1c1ccc(F)cc1. The van der Waals surface area contributed by atoms with Crippen LogP contribution in [0.4, 0.5) is 10.1 Å². The lowest BCUT2D eigenvalue weighted by Gasteiger charge is -2.14. The third-order valence-electron chi connectivity index (χ3n) is 2.96. The van der Waals surface area contributed by atoms with Crippen molar-refractivity contribution < 1.29 is 14.0 Å². The molecule has 2 atom stereocenters. The van der Waals surface area contributed by atoms with Crippen molar-refractivity contribution in [2.45, 2.75) is 6.04 Å². The third kappa shape index (κ3) is 1.37. The standard InChI is InChI=1S/C11H8FN3O2/c12-6-1-3-7(4-2-6)15-10(16)8-5-13-14-9(8)11(15)17/h1-4,8-9H,5H2/t8-,9+/m1/s1. The highest BCUT2D eigenvalue weighted by molar-refractivity contribution is 6.23. The Bertz CT molecular complexity index is 526. The van der Waals surface area contributed by atoms with Gasteiger partial charge in [0.15, 0.2) is 6.04 Å². The molecule has 6 heteroatoms. The molecule has 1 saturated heterocycles. The van der Waals surface area contributed by atoms with Crippen LogP contribution < -0.4 is 4.90 Å². The predicted molar refractivity (Wildman–Crippen MR) is 55.9 cm³/mol. The second-order valence-corrected chi connectivity index (χ2v) is 3.98. The number of amides is 2. The topological polar surface area (TPSA) is 62.1 Å². The molecule has 0 aliphatic carbocycles. The fourth-order valence-corrected chi connectivity index (χ4v) is 2.09. The van der Waals surface area contributed by atoms with E-state index in [4.69, 9.17) is 0 Å². The molecule has 2 aliphatic rings. The van der Waals surface area contributed by atoms with E-state index in [-0.39, 0.29) is 18.4 Å². The highest BCUT2D eigenvalue weighted by atomic mass is 19.1. The van der Waals surface area contributed by atoms with Crippen molar-refractivity contribution in [1.29, 1.82) is 0 Å². The first-order valence-corrected chi connectivity index (χ1v) is 5.18. The lowest BCUT2D eigenvalue weighted by molar-refractivity contribution is -0.122. The van der Waals surface area contributed by atoms with Gasteiger partial charge in [0.25, 0.3) is 5.91 Å². The maximum absolute atomic E-state index is 12.8. The van der Waals surface area contributed by atoms with Crippen molar-refractivity contribution in [3.8, 4) is 0 Å². The summed E-state index contributed by atoms with van der Waals surface area (Å²) in [4.78, 5) is 25.0. The van der Waals surface area contributed by atoms with Crippen molar-refractivity contribution in [2.24, 2.45) is 16.1 Å². The second kappa shape index (κ2) is 3.44. The molecule has 2 amide bonds. The fraction of sp³-hybridized carbons (Fsp3) is 0.273. The maximum atomic E-state index is 12.8. The smallest absolute Gasteiger partial charge is 0.261 e. The number of nitrogens with zero attached hydrogens (tertiary/aromatic N) is 3.